The van der Waals surface area contributed by atoms with Crippen molar-refractivity contribution in [3.63, 3.8) is 0 Å². The van der Waals surface area contributed by atoms with Crippen LogP contribution < -0.4 is 0 Å². The molecule has 0 saturated heterocycles. The standard InChI is InChI=1S/C64H114N4O2/c1-17-25-35-63(15,36-26-18-2)57-47-53(9)59(69)55(49-57)51-65-61(11,12)62(13,14)66-52-56-50-58(48-54(10)60(56)70)64(16,37-33-45-67(39-27-19-3,40-28-20-4)41-29-21-5)38-34-46-68(42-30-22-6,43-31-23-7)44-32-24-8/h47-52H,17-46H2,1-16H3/p+2. The van der Waals surface area contributed by atoms with Crippen molar-refractivity contribution in [2.45, 2.75) is 274 Å². The van der Waals surface area contributed by atoms with Gasteiger partial charge in [-0.3, -0.25) is 9.98 Å². The molecular formula is C64H116N4O2+2. The molecular weight excluding hydrogens is 857 g/mol. The summed E-state index contributed by atoms with van der Waals surface area (Å²) in [6.45, 7) is 46.7. The number of benzene rings is 2. The van der Waals surface area contributed by atoms with Gasteiger partial charge in [-0.1, -0.05) is 146 Å². The van der Waals surface area contributed by atoms with Crippen molar-refractivity contribution >= 4 is 12.4 Å². The van der Waals surface area contributed by atoms with Crippen LogP contribution in [0.2, 0.25) is 0 Å². The maximum absolute atomic E-state index is 11.8. The van der Waals surface area contributed by atoms with E-state index in [0.717, 1.165) is 47.9 Å². The molecule has 0 fully saturated rings. The zero-order chi connectivity index (χ0) is 52.5. The van der Waals surface area contributed by atoms with Crippen LogP contribution in [0.3, 0.4) is 0 Å². The molecule has 0 spiro atoms. The normalized spacial score (nSPS) is 13.4. The third-order valence-corrected chi connectivity index (χ3v) is 17.4. The summed E-state index contributed by atoms with van der Waals surface area (Å²) in [7, 11) is 0. The molecule has 402 valence electrons. The third-order valence-electron chi connectivity index (χ3n) is 17.4. The summed E-state index contributed by atoms with van der Waals surface area (Å²) in [6, 6.07) is 8.99. The summed E-state index contributed by atoms with van der Waals surface area (Å²) in [5.74, 6) is 0.625. The lowest BCUT2D eigenvalue weighted by molar-refractivity contribution is -0.929. The van der Waals surface area contributed by atoms with E-state index in [4.69, 9.17) is 9.98 Å². The summed E-state index contributed by atoms with van der Waals surface area (Å²) in [5.41, 5.74) is 4.83. The predicted molar refractivity (Wildman–Crippen MR) is 310 cm³/mol. The van der Waals surface area contributed by atoms with E-state index in [9.17, 15) is 10.2 Å². The van der Waals surface area contributed by atoms with Gasteiger partial charge in [0.2, 0.25) is 0 Å². The van der Waals surface area contributed by atoms with E-state index < -0.39 is 11.1 Å². The molecule has 2 rings (SSSR count). The Morgan fingerprint density at radius 2 is 0.629 bits per heavy atom. The van der Waals surface area contributed by atoms with Crippen LogP contribution in [0.15, 0.2) is 34.3 Å². The second-order valence-corrected chi connectivity index (χ2v) is 24.2. The minimum Gasteiger partial charge on any atom is -0.507 e. The highest BCUT2D eigenvalue weighted by Gasteiger charge is 2.37. The second-order valence-electron chi connectivity index (χ2n) is 24.2. The van der Waals surface area contributed by atoms with Crippen molar-refractivity contribution in [2.24, 2.45) is 9.98 Å². The lowest BCUT2D eigenvalue weighted by Crippen LogP contribution is -2.51. The summed E-state index contributed by atoms with van der Waals surface area (Å²) in [6.07, 6.45) is 31.0. The first-order chi connectivity index (χ1) is 33.2. The van der Waals surface area contributed by atoms with E-state index in [-0.39, 0.29) is 10.8 Å². The molecule has 0 aliphatic rings. The average Bonchev–Trinajstić information content (AvgIpc) is 3.33. The number of aryl methyl sites for hydroxylation is 2. The highest BCUT2D eigenvalue weighted by Crippen LogP contribution is 2.41. The Labute approximate surface area is 435 Å². The highest BCUT2D eigenvalue weighted by atomic mass is 16.3. The number of phenols is 2. The van der Waals surface area contributed by atoms with Crippen LogP contribution in [0.5, 0.6) is 11.5 Å². The fourth-order valence-corrected chi connectivity index (χ4v) is 11.2. The highest BCUT2D eigenvalue weighted by molar-refractivity contribution is 5.86. The molecule has 0 aromatic heterocycles. The SMILES string of the molecule is CCCCC(C)(CCCC)c1cc(C)c(O)c(C=NC(C)(C)C(C)(C)N=Cc2cc(C(C)(CCC[N+](CCCC)(CCCC)CCCC)CCC[N+](CCCC)(CCCC)CCCC)cc(C)c2O)c1. The molecule has 0 bridgehead atoms. The van der Waals surface area contributed by atoms with Gasteiger partial charge in [-0.2, -0.15) is 0 Å². The number of hydrogen-bond acceptors (Lipinski definition) is 4. The topological polar surface area (TPSA) is 65.2 Å². The van der Waals surface area contributed by atoms with Crippen molar-refractivity contribution in [2.75, 3.05) is 52.4 Å². The third kappa shape index (κ3) is 19.3. The first kappa shape index (κ1) is 63.4. The van der Waals surface area contributed by atoms with Crippen LogP contribution in [-0.4, -0.2) is 95.0 Å². The number of unbranched alkanes of at least 4 members (excludes halogenated alkanes) is 8. The van der Waals surface area contributed by atoms with E-state index in [1.165, 1.54) is 188 Å². The molecule has 70 heavy (non-hydrogen) atoms. The molecule has 2 aromatic rings. The fraction of sp³-hybridized carbons (Fsp3) is 0.781. The van der Waals surface area contributed by atoms with Crippen molar-refractivity contribution in [1.82, 2.24) is 0 Å². The maximum Gasteiger partial charge on any atom is 0.127 e. The Morgan fingerprint density at radius 3 is 0.886 bits per heavy atom. The van der Waals surface area contributed by atoms with E-state index in [0.29, 0.717) is 11.5 Å². The predicted octanol–water partition coefficient (Wildman–Crippen LogP) is 17.7. The summed E-state index contributed by atoms with van der Waals surface area (Å²) in [4.78, 5) is 10.5. The lowest BCUT2D eigenvalue weighted by Gasteiger charge is -2.42. The van der Waals surface area contributed by atoms with Crippen molar-refractivity contribution in [3.8, 4) is 11.5 Å². The first-order valence-electron chi connectivity index (χ1n) is 29.6. The number of quaternary nitrogens is 2. The van der Waals surface area contributed by atoms with Crippen molar-refractivity contribution < 1.29 is 19.2 Å². The van der Waals surface area contributed by atoms with Gasteiger partial charge < -0.3 is 19.2 Å². The Balaban J connectivity index is 2.68. The van der Waals surface area contributed by atoms with Gasteiger partial charge in [0.15, 0.2) is 0 Å². The zero-order valence-corrected chi connectivity index (χ0v) is 49.4. The molecule has 0 saturated carbocycles. The fourth-order valence-electron chi connectivity index (χ4n) is 11.2. The minimum atomic E-state index is -0.615. The molecule has 0 heterocycles. The van der Waals surface area contributed by atoms with Gasteiger partial charge in [0.25, 0.3) is 0 Å². The molecule has 0 aliphatic heterocycles. The number of aromatic hydroxyl groups is 2. The van der Waals surface area contributed by atoms with Crippen LogP contribution in [0.4, 0.5) is 0 Å². The minimum absolute atomic E-state index is 0.0379. The zero-order valence-electron chi connectivity index (χ0n) is 49.4. The van der Waals surface area contributed by atoms with Gasteiger partial charge in [-0.25, -0.2) is 0 Å². The molecule has 2 aromatic carbocycles. The molecule has 0 radical (unpaired) electrons. The number of phenolic OH excluding ortho intramolecular Hbond substituents is 2. The Hall–Kier alpha value is -2.70. The molecule has 0 unspecified atom stereocenters. The van der Waals surface area contributed by atoms with E-state index in [1.54, 1.807) is 0 Å². The smallest absolute Gasteiger partial charge is 0.127 e. The van der Waals surface area contributed by atoms with Crippen LogP contribution in [0.1, 0.15) is 272 Å². The number of hydrogen-bond donors (Lipinski definition) is 2. The van der Waals surface area contributed by atoms with Gasteiger partial charge >= 0.3 is 0 Å². The van der Waals surface area contributed by atoms with Crippen LogP contribution in [0.25, 0.3) is 0 Å². The quantitative estimate of drug-likeness (QED) is 0.0518. The average molecular weight is 974 g/mol. The number of nitrogens with zero attached hydrogens (tertiary/aromatic N) is 4. The van der Waals surface area contributed by atoms with Crippen LogP contribution in [-0.2, 0) is 10.8 Å². The molecule has 6 nitrogen and oxygen atoms in total. The van der Waals surface area contributed by atoms with Crippen LogP contribution in [0, 0.1) is 13.8 Å². The molecule has 0 atom stereocenters. The Morgan fingerprint density at radius 1 is 0.386 bits per heavy atom. The first-order valence-corrected chi connectivity index (χ1v) is 29.6. The molecule has 0 aliphatic carbocycles. The van der Waals surface area contributed by atoms with Crippen LogP contribution >= 0.6 is 0 Å². The van der Waals surface area contributed by atoms with Crippen molar-refractivity contribution in [3.05, 3.63) is 57.6 Å². The number of aliphatic imine (C=N–C) groups is 2. The summed E-state index contributed by atoms with van der Waals surface area (Å²) in [5, 5.41) is 23.2. The Bertz CT molecular complexity index is 1730. The number of rotatable bonds is 39. The molecule has 6 heteroatoms. The molecule has 0 amide bonds. The van der Waals surface area contributed by atoms with Gasteiger partial charge in [-0.15, -0.1) is 0 Å². The van der Waals surface area contributed by atoms with Gasteiger partial charge in [0, 0.05) is 23.6 Å². The lowest BCUT2D eigenvalue weighted by atomic mass is 9.73. The summed E-state index contributed by atoms with van der Waals surface area (Å²) < 4.78 is 2.55. The monoisotopic (exact) mass is 973 g/mol. The summed E-state index contributed by atoms with van der Waals surface area (Å²) >= 11 is 0. The Kier molecular flexibility index (Phi) is 28.2. The van der Waals surface area contributed by atoms with E-state index in [1.807, 2.05) is 19.4 Å². The van der Waals surface area contributed by atoms with E-state index >= 15 is 0 Å². The van der Waals surface area contributed by atoms with Gasteiger partial charge in [0.05, 0.1) is 63.4 Å². The van der Waals surface area contributed by atoms with Gasteiger partial charge in [0.1, 0.15) is 11.5 Å². The van der Waals surface area contributed by atoms with Crippen molar-refractivity contribution in [1.29, 1.82) is 0 Å². The second kappa shape index (κ2) is 31.1. The van der Waals surface area contributed by atoms with E-state index in [2.05, 4.69) is 128 Å². The van der Waals surface area contributed by atoms with Gasteiger partial charge in [-0.05, 0) is 164 Å². The maximum atomic E-state index is 11.8. The largest absolute Gasteiger partial charge is 0.507 e. The molecule has 2 N–H and O–H groups in total.